The fourth-order valence-corrected chi connectivity index (χ4v) is 2.35. The van der Waals surface area contributed by atoms with Gasteiger partial charge in [0.2, 0.25) is 0 Å². The molecular weight excluding hydrogens is 246 g/mol. The summed E-state index contributed by atoms with van der Waals surface area (Å²) < 4.78 is 1.93. The molecule has 0 bridgehead atoms. The number of rotatable bonds is 3. The summed E-state index contributed by atoms with van der Waals surface area (Å²) in [6.07, 6.45) is 0. The number of hydrogen-bond donors (Lipinski definition) is 1. The molecule has 0 unspecified atom stereocenters. The minimum absolute atomic E-state index is 0.571. The maximum atomic E-state index is 5.72. The van der Waals surface area contributed by atoms with Crippen molar-refractivity contribution in [1.29, 1.82) is 0 Å². The lowest BCUT2D eigenvalue weighted by atomic mass is 10.0. The predicted octanol–water partition coefficient (Wildman–Crippen LogP) is 3.49. The van der Waals surface area contributed by atoms with Crippen molar-refractivity contribution in [1.82, 2.24) is 9.78 Å². The van der Waals surface area contributed by atoms with Crippen molar-refractivity contribution >= 4 is 5.82 Å². The highest BCUT2D eigenvalue weighted by atomic mass is 15.3. The summed E-state index contributed by atoms with van der Waals surface area (Å²) in [4.78, 5) is 0. The molecule has 0 saturated heterocycles. The lowest BCUT2D eigenvalue weighted by Gasteiger charge is -2.07. The molecule has 2 N–H and O–H groups in total. The lowest BCUT2D eigenvalue weighted by Crippen LogP contribution is -2.04. The Morgan fingerprint density at radius 3 is 2.40 bits per heavy atom. The lowest BCUT2D eigenvalue weighted by molar-refractivity contribution is 0.668. The monoisotopic (exact) mass is 263 g/mol. The Morgan fingerprint density at radius 1 is 0.950 bits per heavy atom. The molecule has 2 aromatic carbocycles. The number of anilines is 1. The second kappa shape index (κ2) is 5.21. The smallest absolute Gasteiger partial charge is 0.145 e. The number of aromatic nitrogens is 2. The molecule has 3 rings (SSSR count). The fourth-order valence-electron chi connectivity index (χ4n) is 2.35. The Balaban J connectivity index is 1.90. The topological polar surface area (TPSA) is 43.8 Å². The zero-order chi connectivity index (χ0) is 13.9. The summed E-state index contributed by atoms with van der Waals surface area (Å²) in [6.45, 7) is 2.76. The zero-order valence-electron chi connectivity index (χ0n) is 11.5. The molecule has 0 atom stereocenters. The quantitative estimate of drug-likeness (QED) is 0.786. The summed E-state index contributed by atoms with van der Waals surface area (Å²) in [5.41, 5.74) is 10.5. The molecule has 0 aliphatic carbocycles. The Bertz CT molecular complexity index is 714. The Labute approximate surface area is 118 Å². The second-order valence-electron chi connectivity index (χ2n) is 4.93. The van der Waals surface area contributed by atoms with Crippen LogP contribution in [-0.2, 0) is 6.54 Å². The Kier molecular flexibility index (Phi) is 3.25. The summed E-state index contributed by atoms with van der Waals surface area (Å²) >= 11 is 0. The molecule has 3 nitrogen and oxygen atoms in total. The van der Waals surface area contributed by atoms with E-state index >= 15 is 0 Å². The zero-order valence-corrected chi connectivity index (χ0v) is 11.5. The minimum Gasteiger partial charge on any atom is -0.382 e. The van der Waals surface area contributed by atoms with Gasteiger partial charge in [-0.05, 0) is 29.7 Å². The van der Waals surface area contributed by atoms with Gasteiger partial charge in [-0.2, -0.15) is 5.10 Å². The summed E-state index contributed by atoms with van der Waals surface area (Å²) in [6, 6.07) is 20.8. The van der Waals surface area contributed by atoms with Gasteiger partial charge >= 0.3 is 0 Å². The first-order valence-corrected chi connectivity index (χ1v) is 6.67. The molecule has 0 amide bonds. The second-order valence-corrected chi connectivity index (χ2v) is 4.93. The molecule has 3 heteroatoms. The van der Waals surface area contributed by atoms with Crippen LogP contribution in [0.5, 0.6) is 0 Å². The van der Waals surface area contributed by atoms with Crippen LogP contribution in [0.3, 0.4) is 0 Å². The summed E-state index contributed by atoms with van der Waals surface area (Å²) in [5, 5.41) is 4.30. The van der Waals surface area contributed by atoms with Crippen molar-refractivity contribution < 1.29 is 0 Å². The molecule has 100 valence electrons. The van der Waals surface area contributed by atoms with Gasteiger partial charge in [0.15, 0.2) is 0 Å². The Hall–Kier alpha value is -2.55. The average Bonchev–Trinajstić information content (AvgIpc) is 2.78. The summed E-state index contributed by atoms with van der Waals surface area (Å²) in [7, 11) is 0. The largest absolute Gasteiger partial charge is 0.382 e. The number of nitrogens with two attached hydrogens (primary N) is 1. The van der Waals surface area contributed by atoms with E-state index in [1.807, 2.05) is 23.7 Å². The van der Waals surface area contributed by atoms with E-state index in [1.54, 1.807) is 0 Å². The van der Waals surface area contributed by atoms with E-state index in [-0.39, 0.29) is 0 Å². The van der Waals surface area contributed by atoms with Gasteiger partial charge in [0.1, 0.15) is 5.82 Å². The molecule has 1 heterocycles. The first-order valence-electron chi connectivity index (χ1n) is 6.67. The average molecular weight is 263 g/mol. The molecular formula is C17H17N3. The Morgan fingerprint density at radius 2 is 1.70 bits per heavy atom. The molecule has 0 radical (unpaired) electrons. The minimum atomic E-state index is 0.571. The van der Waals surface area contributed by atoms with Crippen molar-refractivity contribution in [2.75, 3.05) is 5.73 Å². The maximum Gasteiger partial charge on any atom is 0.145 e. The number of aryl methyl sites for hydroxylation is 1. The van der Waals surface area contributed by atoms with Gasteiger partial charge < -0.3 is 5.73 Å². The molecule has 20 heavy (non-hydrogen) atoms. The van der Waals surface area contributed by atoms with Gasteiger partial charge in [-0.15, -0.1) is 0 Å². The number of benzene rings is 2. The first-order chi connectivity index (χ1) is 9.72. The van der Waals surface area contributed by atoms with Gasteiger partial charge in [-0.1, -0.05) is 48.5 Å². The normalized spacial score (nSPS) is 10.7. The first kappa shape index (κ1) is 12.5. The molecule has 3 aromatic rings. The highest BCUT2D eigenvalue weighted by Gasteiger charge is 2.04. The molecule has 0 spiro atoms. The molecule has 0 aliphatic heterocycles. The van der Waals surface area contributed by atoms with Crippen LogP contribution in [0.4, 0.5) is 5.82 Å². The number of hydrogen-bond acceptors (Lipinski definition) is 2. The van der Waals surface area contributed by atoms with Crippen LogP contribution in [0.2, 0.25) is 0 Å². The third-order valence-corrected chi connectivity index (χ3v) is 3.37. The fraction of sp³-hybridized carbons (Fsp3) is 0.118. The van der Waals surface area contributed by atoms with Gasteiger partial charge in [0.25, 0.3) is 0 Å². The number of nitrogen functional groups attached to an aromatic ring is 1. The van der Waals surface area contributed by atoms with Crippen LogP contribution in [0.25, 0.3) is 11.1 Å². The van der Waals surface area contributed by atoms with E-state index in [1.165, 1.54) is 16.7 Å². The van der Waals surface area contributed by atoms with Gasteiger partial charge in [-0.3, -0.25) is 4.68 Å². The van der Waals surface area contributed by atoms with E-state index in [9.17, 15) is 0 Å². The third kappa shape index (κ3) is 2.57. The predicted molar refractivity (Wildman–Crippen MR) is 82.4 cm³/mol. The van der Waals surface area contributed by atoms with Gasteiger partial charge in [-0.25, -0.2) is 0 Å². The number of nitrogens with zero attached hydrogens (tertiary/aromatic N) is 2. The van der Waals surface area contributed by atoms with Gasteiger partial charge in [0, 0.05) is 11.8 Å². The van der Waals surface area contributed by atoms with Crippen molar-refractivity contribution in [3.05, 3.63) is 71.9 Å². The molecule has 1 aromatic heterocycles. The van der Waals surface area contributed by atoms with E-state index < -0.39 is 0 Å². The van der Waals surface area contributed by atoms with Crippen LogP contribution >= 0.6 is 0 Å². The van der Waals surface area contributed by atoms with Gasteiger partial charge in [0.05, 0.1) is 6.54 Å². The van der Waals surface area contributed by atoms with E-state index in [2.05, 4.69) is 53.6 Å². The SMILES string of the molecule is Cc1cc(N)nn1Cc1cccc(-c2ccccc2)c1. The van der Waals surface area contributed by atoms with E-state index in [0.29, 0.717) is 5.82 Å². The van der Waals surface area contributed by atoms with Crippen LogP contribution in [0, 0.1) is 6.92 Å². The van der Waals surface area contributed by atoms with Crippen molar-refractivity contribution in [2.24, 2.45) is 0 Å². The van der Waals surface area contributed by atoms with Crippen molar-refractivity contribution in [3.63, 3.8) is 0 Å². The van der Waals surface area contributed by atoms with E-state index in [0.717, 1.165) is 12.2 Å². The molecule has 0 saturated carbocycles. The van der Waals surface area contributed by atoms with Crippen molar-refractivity contribution in [3.8, 4) is 11.1 Å². The maximum absolute atomic E-state index is 5.72. The van der Waals surface area contributed by atoms with Crippen molar-refractivity contribution in [2.45, 2.75) is 13.5 Å². The standard InChI is InChI=1S/C17H17N3/c1-13-10-17(18)19-20(13)12-14-6-5-9-16(11-14)15-7-3-2-4-8-15/h2-11H,12H2,1H3,(H2,18,19). The molecule has 0 fully saturated rings. The van der Waals surface area contributed by atoms with Crippen LogP contribution < -0.4 is 5.73 Å². The van der Waals surface area contributed by atoms with Crippen LogP contribution in [-0.4, -0.2) is 9.78 Å². The third-order valence-electron chi connectivity index (χ3n) is 3.37. The highest BCUT2D eigenvalue weighted by Crippen LogP contribution is 2.20. The van der Waals surface area contributed by atoms with E-state index in [4.69, 9.17) is 5.73 Å². The molecule has 0 aliphatic rings. The van der Waals surface area contributed by atoms with Crippen LogP contribution in [0.15, 0.2) is 60.7 Å². The highest BCUT2D eigenvalue weighted by molar-refractivity contribution is 5.63. The van der Waals surface area contributed by atoms with Crippen LogP contribution in [0.1, 0.15) is 11.3 Å². The summed E-state index contributed by atoms with van der Waals surface area (Å²) in [5.74, 6) is 0.571.